The molecular formula is C8H12N4O3. The van der Waals surface area contributed by atoms with Gasteiger partial charge in [0, 0.05) is 13.7 Å². The molecule has 1 fully saturated rings. The molecule has 1 aliphatic heterocycles. The van der Waals surface area contributed by atoms with Crippen molar-refractivity contribution in [2.45, 2.75) is 18.6 Å². The molecule has 1 aliphatic rings. The Bertz CT molecular complexity index is 365. The molecule has 1 aromatic heterocycles. The molecule has 2 unspecified atom stereocenters. The fraction of sp³-hybridized carbons (Fsp3) is 0.625. The highest BCUT2D eigenvalue weighted by molar-refractivity contribution is 5.88. The van der Waals surface area contributed by atoms with Crippen molar-refractivity contribution in [3.63, 3.8) is 0 Å². The van der Waals surface area contributed by atoms with Gasteiger partial charge in [-0.25, -0.2) is 0 Å². The Kier molecular flexibility index (Phi) is 2.65. The first-order valence-corrected chi connectivity index (χ1v) is 4.60. The molecule has 15 heavy (non-hydrogen) atoms. The predicted molar refractivity (Wildman–Crippen MR) is 49.0 cm³/mol. The molecule has 0 aliphatic carbocycles. The number of aromatic nitrogens is 2. The molecule has 2 rings (SSSR count). The number of primary amides is 1. The van der Waals surface area contributed by atoms with Gasteiger partial charge in [-0.15, -0.1) is 0 Å². The van der Waals surface area contributed by atoms with Crippen LogP contribution in [0.3, 0.4) is 0 Å². The van der Waals surface area contributed by atoms with Crippen LogP contribution in [0.1, 0.15) is 29.0 Å². The molecular weight excluding hydrogens is 200 g/mol. The molecule has 1 aromatic rings. The Hall–Kier alpha value is -1.47. The van der Waals surface area contributed by atoms with Gasteiger partial charge in [0.15, 0.2) is 0 Å². The van der Waals surface area contributed by atoms with Crippen molar-refractivity contribution in [1.29, 1.82) is 0 Å². The number of hydrogen-bond donors (Lipinski definition) is 2. The highest BCUT2D eigenvalue weighted by Gasteiger charge is 2.29. The van der Waals surface area contributed by atoms with E-state index < -0.39 is 5.91 Å². The lowest BCUT2D eigenvalue weighted by molar-refractivity contribution is 0.0987. The summed E-state index contributed by atoms with van der Waals surface area (Å²) in [5.74, 6) is -0.401. The second-order valence-electron chi connectivity index (χ2n) is 3.37. The highest BCUT2D eigenvalue weighted by Crippen LogP contribution is 2.22. The molecule has 7 heteroatoms. The Labute approximate surface area is 86.0 Å². The van der Waals surface area contributed by atoms with E-state index in [0.717, 1.165) is 13.0 Å². The fourth-order valence-electron chi connectivity index (χ4n) is 1.55. The van der Waals surface area contributed by atoms with Gasteiger partial charge in [0.1, 0.15) is 0 Å². The summed E-state index contributed by atoms with van der Waals surface area (Å²) in [6, 6.07) is -0.0597. The molecule has 0 bridgehead atoms. The van der Waals surface area contributed by atoms with E-state index in [4.69, 9.17) is 15.0 Å². The summed E-state index contributed by atoms with van der Waals surface area (Å²) < 4.78 is 10.1. The minimum absolute atomic E-state index is 0.0597. The third-order valence-corrected chi connectivity index (χ3v) is 2.38. The summed E-state index contributed by atoms with van der Waals surface area (Å²) in [7, 11) is 1.65. The van der Waals surface area contributed by atoms with Crippen molar-refractivity contribution >= 4 is 5.91 Å². The summed E-state index contributed by atoms with van der Waals surface area (Å²) in [6.45, 7) is 0.732. The van der Waals surface area contributed by atoms with Gasteiger partial charge in [-0.1, -0.05) is 5.16 Å². The Morgan fingerprint density at radius 3 is 3.07 bits per heavy atom. The van der Waals surface area contributed by atoms with Crippen LogP contribution in [0.2, 0.25) is 0 Å². The second-order valence-corrected chi connectivity index (χ2v) is 3.37. The van der Waals surface area contributed by atoms with Crippen molar-refractivity contribution in [1.82, 2.24) is 15.5 Å². The number of nitrogens with zero attached hydrogens (tertiary/aromatic N) is 2. The van der Waals surface area contributed by atoms with Crippen LogP contribution in [0.15, 0.2) is 4.52 Å². The molecule has 82 valence electrons. The maximum Gasteiger partial charge on any atom is 0.290 e. The summed E-state index contributed by atoms with van der Waals surface area (Å²) in [5, 5.41) is 6.62. The average molecular weight is 212 g/mol. The van der Waals surface area contributed by atoms with E-state index in [1.54, 1.807) is 7.11 Å². The van der Waals surface area contributed by atoms with Gasteiger partial charge in [-0.3, -0.25) is 4.79 Å². The Morgan fingerprint density at radius 2 is 2.53 bits per heavy atom. The van der Waals surface area contributed by atoms with Gasteiger partial charge >= 0.3 is 0 Å². The van der Waals surface area contributed by atoms with Crippen LogP contribution in [0, 0.1) is 0 Å². The normalized spacial score (nSPS) is 25.7. The summed E-state index contributed by atoms with van der Waals surface area (Å²) in [6.07, 6.45) is 0.885. The quantitative estimate of drug-likeness (QED) is 0.681. The van der Waals surface area contributed by atoms with E-state index in [9.17, 15) is 4.79 Å². The number of rotatable bonds is 3. The first-order chi connectivity index (χ1) is 7.20. The summed E-state index contributed by atoms with van der Waals surface area (Å²) in [4.78, 5) is 14.6. The van der Waals surface area contributed by atoms with Crippen molar-refractivity contribution in [2.75, 3.05) is 13.7 Å². The van der Waals surface area contributed by atoms with Crippen LogP contribution in [0.5, 0.6) is 0 Å². The minimum Gasteiger partial charge on any atom is -0.380 e. The zero-order valence-corrected chi connectivity index (χ0v) is 8.27. The number of nitrogens with one attached hydrogen (secondary N) is 1. The molecule has 0 saturated carbocycles. The zero-order valence-electron chi connectivity index (χ0n) is 8.27. The molecule has 1 amide bonds. The molecule has 0 radical (unpaired) electrons. The van der Waals surface area contributed by atoms with Gasteiger partial charge in [0.25, 0.3) is 11.7 Å². The van der Waals surface area contributed by atoms with E-state index in [-0.39, 0.29) is 18.0 Å². The van der Waals surface area contributed by atoms with Crippen molar-refractivity contribution < 1.29 is 14.1 Å². The summed E-state index contributed by atoms with van der Waals surface area (Å²) >= 11 is 0. The monoisotopic (exact) mass is 212 g/mol. The SMILES string of the molecule is COC1CNC(c2nc(C(N)=O)no2)C1. The van der Waals surface area contributed by atoms with Crippen LogP contribution in [0.25, 0.3) is 0 Å². The van der Waals surface area contributed by atoms with E-state index in [1.807, 2.05) is 0 Å². The lowest BCUT2D eigenvalue weighted by Gasteiger charge is -2.03. The first-order valence-electron chi connectivity index (χ1n) is 4.60. The largest absolute Gasteiger partial charge is 0.380 e. The van der Waals surface area contributed by atoms with Crippen LogP contribution < -0.4 is 11.1 Å². The molecule has 3 N–H and O–H groups in total. The standard InChI is InChI=1S/C8H12N4O3/c1-14-4-2-5(10-3-4)8-11-7(6(9)13)12-15-8/h4-5,10H,2-3H2,1H3,(H2,9,13). The average Bonchev–Trinajstić information content (AvgIpc) is 2.86. The molecule has 1 saturated heterocycles. The van der Waals surface area contributed by atoms with Crippen molar-refractivity contribution in [3.8, 4) is 0 Å². The van der Waals surface area contributed by atoms with E-state index >= 15 is 0 Å². The number of carbonyl (C=O) groups excluding carboxylic acids is 1. The Morgan fingerprint density at radius 1 is 1.73 bits per heavy atom. The summed E-state index contributed by atoms with van der Waals surface area (Å²) in [5.41, 5.74) is 5.01. The van der Waals surface area contributed by atoms with E-state index in [1.165, 1.54) is 0 Å². The second kappa shape index (κ2) is 3.95. The van der Waals surface area contributed by atoms with Crippen LogP contribution in [0.4, 0.5) is 0 Å². The van der Waals surface area contributed by atoms with Gasteiger partial charge < -0.3 is 20.3 Å². The smallest absolute Gasteiger partial charge is 0.290 e. The van der Waals surface area contributed by atoms with Crippen molar-refractivity contribution in [2.24, 2.45) is 5.73 Å². The van der Waals surface area contributed by atoms with Crippen molar-refractivity contribution in [3.05, 3.63) is 11.7 Å². The lowest BCUT2D eigenvalue weighted by Crippen LogP contribution is -2.17. The minimum atomic E-state index is -0.689. The van der Waals surface area contributed by atoms with Crippen LogP contribution in [-0.2, 0) is 4.74 Å². The number of amides is 1. The van der Waals surface area contributed by atoms with Gasteiger partial charge in [0.2, 0.25) is 5.89 Å². The fourth-order valence-corrected chi connectivity index (χ4v) is 1.55. The van der Waals surface area contributed by atoms with E-state index in [2.05, 4.69) is 15.5 Å². The lowest BCUT2D eigenvalue weighted by atomic mass is 10.2. The molecule has 0 spiro atoms. The molecule has 7 nitrogen and oxygen atoms in total. The maximum absolute atomic E-state index is 10.7. The van der Waals surface area contributed by atoms with Crippen LogP contribution in [-0.4, -0.2) is 35.8 Å². The third kappa shape index (κ3) is 1.97. The number of hydrogen-bond acceptors (Lipinski definition) is 6. The van der Waals surface area contributed by atoms with Gasteiger partial charge in [0.05, 0.1) is 12.1 Å². The number of methoxy groups -OCH3 is 1. The maximum atomic E-state index is 10.7. The van der Waals surface area contributed by atoms with E-state index in [0.29, 0.717) is 5.89 Å². The van der Waals surface area contributed by atoms with Gasteiger partial charge in [-0.2, -0.15) is 4.98 Å². The molecule has 2 heterocycles. The van der Waals surface area contributed by atoms with Crippen LogP contribution >= 0.6 is 0 Å². The number of carbonyl (C=O) groups is 1. The molecule has 2 atom stereocenters. The topological polar surface area (TPSA) is 103 Å². The first kappa shape index (κ1) is 10.1. The number of ether oxygens (including phenoxy) is 1. The highest BCUT2D eigenvalue weighted by atomic mass is 16.5. The van der Waals surface area contributed by atoms with Gasteiger partial charge in [-0.05, 0) is 6.42 Å². The predicted octanol–water partition coefficient (Wildman–Crippen LogP) is -0.782. The molecule has 0 aromatic carbocycles. The Balaban J connectivity index is 2.07. The zero-order chi connectivity index (χ0) is 10.8. The third-order valence-electron chi connectivity index (χ3n) is 2.38. The number of nitrogens with two attached hydrogens (primary N) is 1.